The van der Waals surface area contributed by atoms with Gasteiger partial charge in [0.2, 0.25) is 5.91 Å². The molecule has 1 aliphatic heterocycles. The van der Waals surface area contributed by atoms with Crippen molar-refractivity contribution in [1.82, 2.24) is 14.0 Å². The van der Waals surface area contributed by atoms with Gasteiger partial charge in [0.05, 0.1) is 16.1 Å². The Bertz CT molecular complexity index is 1020. The summed E-state index contributed by atoms with van der Waals surface area (Å²) in [5.74, 6) is -0.146. The molecule has 2 aromatic rings. The van der Waals surface area contributed by atoms with Gasteiger partial charge >= 0.3 is 5.69 Å². The van der Waals surface area contributed by atoms with E-state index in [1.807, 2.05) is 4.90 Å². The van der Waals surface area contributed by atoms with Crippen LogP contribution in [0.15, 0.2) is 33.9 Å². The van der Waals surface area contributed by atoms with Crippen molar-refractivity contribution in [1.29, 1.82) is 0 Å². The highest BCUT2D eigenvalue weighted by Gasteiger charge is 2.29. The number of piperidine rings is 1. The maximum Gasteiger partial charge on any atom is 0.330 e. The molecule has 1 atom stereocenters. The fourth-order valence-electron chi connectivity index (χ4n) is 3.41. The summed E-state index contributed by atoms with van der Waals surface area (Å²) >= 11 is 11.9. The van der Waals surface area contributed by atoms with E-state index in [1.165, 1.54) is 17.7 Å². The molecule has 1 unspecified atom stereocenters. The van der Waals surface area contributed by atoms with E-state index in [9.17, 15) is 14.4 Å². The molecule has 0 spiro atoms. The number of hydrogen-bond acceptors (Lipinski definition) is 4. The fourth-order valence-corrected chi connectivity index (χ4v) is 3.71. The normalized spacial score (nSPS) is 17.5. The van der Waals surface area contributed by atoms with Crippen molar-refractivity contribution in [2.45, 2.75) is 31.8 Å². The molecular weight excluding hydrogens is 403 g/mol. The SMILES string of the molecule is Cn1c(CN2CCCCC2C(=O)Nc2ccc(Cl)c(Cl)c2)cc(=O)n(C)c1=O. The number of nitrogens with zero attached hydrogens (tertiary/aromatic N) is 3. The number of hydrogen-bond donors (Lipinski definition) is 1. The first kappa shape index (κ1) is 20.6. The summed E-state index contributed by atoms with van der Waals surface area (Å²) in [5.41, 5.74) is 0.427. The third-order valence-electron chi connectivity index (χ3n) is 5.09. The molecule has 1 saturated heterocycles. The smallest absolute Gasteiger partial charge is 0.325 e. The van der Waals surface area contributed by atoms with Crippen LogP contribution in [-0.2, 0) is 25.4 Å². The van der Waals surface area contributed by atoms with Gasteiger partial charge in [0.15, 0.2) is 0 Å². The summed E-state index contributed by atoms with van der Waals surface area (Å²) in [7, 11) is 3.08. The highest BCUT2D eigenvalue weighted by molar-refractivity contribution is 6.42. The van der Waals surface area contributed by atoms with Gasteiger partial charge in [-0.2, -0.15) is 0 Å². The first-order chi connectivity index (χ1) is 13.3. The highest BCUT2D eigenvalue weighted by atomic mass is 35.5. The van der Waals surface area contributed by atoms with Crippen LogP contribution >= 0.6 is 23.2 Å². The van der Waals surface area contributed by atoms with Crippen LogP contribution in [-0.4, -0.2) is 32.5 Å². The first-order valence-electron chi connectivity index (χ1n) is 9.04. The maximum absolute atomic E-state index is 12.9. The lowest BCUT2D eigenvalue weighted by Gasteiger charge is -2.34. The van der Waals surface area contributed by atoms with Crippen LogP contribution in [0, 0.1) is 0 Å². The van der Waals surface area contributed by atoms with Gasteiger partial charge < -0.3 is 5.32 Å². The molecule has 1 aliphatic rings. The number of likely N-dealkylation sites (tertiary alicyclic amines) is 1. The van der Waals surface area contributed by atoms with E-state index in [0.29, 0.717) is 40.9 Å². The molecule has 2 heterocycles. The number of nitrogens with one attached hydrogen (secondary N) is 1. The molecule has 0 radical (unpaired) electrons. The lowest BCUT2D eigenvalue weighted by molar-refractivity contribution is -0.122. The van der Waals surface area contributed by atoms with Crippen molar-refractivity contribution < 1.29 is 4.79 Å². The Hall–Kier alpha value is -2.09. The number of anilines is 1. The lowest BCUT2D eigenvalue weighted by atomic mass is 10.0. The van der Waals surface area contributed by atoms with Crippen LogP contribution in [0.25, 0.3) is 0 Å². The number of benzene rings is 1. The van der Waals surface area contributed by atoms with Crippen molar-refractivity contribution in [3.63, 3.8) is 0 Å². The van der Waals surface area contributed by atoms with E-state index in [-0.39, 0.29) is 23.2 Å². The van der Waals surface area contributed by atoms with Crippen molar-refractivity contribution in [3.8, 4) is 0 Å². The van der Waals surface area contributed by atoms with E-state index in [1.54, 1.807) is 25.2 Å². The molecule has 28 heavy (non-hydrogen) atoms. The Labute approximate surface area is 172 Å². The van der Waals surface area contributed by atoms with Gasteiger partial charge in [-0.05, 0) is 37.6 Å². The predicted octanol–water partition coefficient (Wildman–Crippen LogP) is 2.38. The number of halogens is 2. The van der Waals surface area contributed by atoms with Gasteiger partial charge in [0.25, 0.3) is 5.56 Å². The van der Waals surface area contributed by atoms with E-state index < -0.39 is 0 Å². The third kappa shape index (κ3) is 4.32. The molecule has 3 rings (SSSR count). The summed E-state index contributed by atoms with van der Waals surface area (Å²) in [6, 6.07) is 6.03. The molecule has 0 bridgehead atoms. The van der Waals surface area contributed by atoms with Gasteiger partial charge in [-0.25, -0.2) is 4.79 Å². The summed E-state index contributed by atoms with van der Waals surface area (Å²) in [4.78, 5) is 39.1. The number of amides is 1. The van der Waals surface area contributed by atoms with Crippen molar-refractivity contribution >= 4 is 34.8 Å². The molecule has 1 aromatic carbocycles. The highest BCUT2D eigenvalue weighted by Crippen LogP contribution is 2.26. The average Bonchev–Trinajstić information content (AvgIpc) is 2.67. The van der Waals surface area contributed by atoms with Crippen LogP contribution in [0.1, 0.15) is 25.0 Å². The van der Waals surface area contributed by atoms with Gasteiger partial charge in [0.1, 0.15) is 0 Å². The summed E-state index contributed by atoms with van der Waals surface area (Å²) in [5, 5.41) is 3.68. The number of rotatable bonds is 4. The second-order valence-corrected chi connectivity index (χ2v) is 7.79. The van der Waals surface area contributed by atoms with E-state index in [0.717, 1.165) is 17.4 Å². The minimum atomic E-state index is -0.378. The standard InChI is InChI=1S/C19H22Cl2N4O3/c1-23-13(10-17(26)24(2)19(23)28)11-25-8-4-3-5-16(25)18(27)22-12-6-7-14(20)15(21)9-12/h6-7,9-10,16H,3-5,8,11H2,1-2H3,(H,22,27). The first-order valence-corrected chi connectivity index (χ1v) is 9.79. The van der Waals surface area contributed by atoms with Crippen LogP contribution < -0.4 is 16.6 Å². The molecule has 150 valence electrons. The molecule has 1 fully saturated rings. The van der Waals surface area contributed by atoms with Gasteiger partial charge in [0, 0.05) is 38.1 Å². The van der Waals surface area contributed by atoms with Crippen LogP contribution in [0.3, 0.4) is 0 Å². The zero-order chi connectivity index (χ0) is 20.4. The maximum atomic E-state index is 12.9. The Morgan fingerprint density at radius 2 is 1.86 bits per heavy atom. The van der Waals surface area contributed by atoms with E-state index in [2.05, 4.69) is 5.32 Å². The summed E-state index contributed by atoms with van der Waals surface area (Å²) in [6.07, 6.45) is 2.59. The fraction of sp³-hybridized carbons (Fsp3) is 0.421. The Balaban J connectivity index is 1.80. The molecule has 7 nitrogen and oxygen atoms in total. The molecule has 9 heteroatoms. The van der Waals surface area contributed by atoms with Crippen LogP contribution in [0.4, 0.5) is 5.69 Å². The second-order valence-electron chi connectivity index (χ2n) is 6.97. The zero-order valence-electron chi connectivity index (χ0n) is 15.7. The molecule has 1 N–H and O–H groups in total. The summed E-state index contributed by atoms with van der Waals surface area (Å²) < 4.78 is 2.51. The third-order valence-corrected chi connectivity index (χ3v) is 5.83. The minimum Gasteiger partial charge on any atom is -0.325 e. The van der Waals surface area contributed by atoms with Crippen LogP contribution in [0.5, 0.6) is 0 Å². The minimum absolute atomic E-state index is 0.146. The predicted molar refractivity (Wildman–Crippen MR) is 110 cm³/mol. The monoisotopic (exact) mass is 424 g/mol. The van der Waals surface area contributed by atoms with Gasteiger partial charge in [-0.3, -0.25) is 23.6 Å². The van der Waals surface area contributed by atoms with E-state index >= 15 is 0 Å². The Morgan fingerprint density at radius 1 is 1.11 bits per heavy atom. The van der Waals surface area contributed by atoms with Crippen molar-refractivity contribution in [2.75, 3.05) is 11.9 Å². The quantitative estimate of drug-likeness (QED) is 0.816. The average molecular weight is 425 g/mol. The number of carbonyl (C=O) groups is 1. The molecular formula is C19H22Cl2N4O3. The molecule has 1 aromatic heterocycles. The molecule has 1 amide bonds. The van der Waals surface area contributed by atoms with Gasteiger partial charge in [-0.15, -0.1) is 0 Å². The lowest BCUT2D eigenvalue weighted by Crippen LogP contribution is -2.48. The Morgan fingerprint density at radius 3 is 2.57 bits per heavy atom. The second kappa shape index (κ2) is 8.51. The van der Waals surface area contributed by atoms with Crippen molar-refractivity contribution in [3.05, 3.63) is 60.8 Å². The molecule has 0 saturated carbocycles. The zero-order valence-corrected chi connectivity index (χ0v) is 17.3. The van der Waals surface area contributed by atoms with Gasteiger partial charge in [-0.1, -0.05) is 29.6 Å². The van der Waals surface area contributed by atoms with Crippen LogP contribution in [0.2, 0.25) is 10.0 Å². The number of carbonyl (C=O) groups excluding carboxylic acids is 1. The van der Waals surface area contributed by atoms with E-state index in [4.69, 9.17) is 23.2 Å². The Kier molecular flexibility index (Phi) is 6.27. The largest absolute Gasteiger partial charge is 0.330 e. The topological polar surface area (TPSA) is 76.3 Å². The molecule has 0 aliphatic carbocycles. The summed E-state index contributed by atoms with van der Waals surface area (Å²) in [6.45, 7) is 1.06. The van der Waals surface area contributed by atoms with Crippen molar-refractivity contribution in [2.24, 2.45) is 14.1 Å². The number of aromatic nitrogens is 2.